The molecule has 1 amide bonds. The molecule has 2 aromatic carbocycles. The van der Waals surface area contributed by atoms with Crippen molar-refractivity contribution in [3.8, 4) is 0 Å². The third-order valence-corrected chi connectivity index (χ3v) is 6.47. The molecule has 1 aromatic heterocycles. The topological polar surface area (TPSA) is 36.4 Å². The monoisotopic (exact) mass is 435 g/mol. The maximum Gasteiger partial charge on any atom is 0.260 e. The lowest BCUT2D eigenvalue weighted by Crippen LogP contribution is -2.36. The van der Waals surface area contributed by atoms with Gasteiger partial charge in [-0.05, 0) is 69.6 Å². The van der Waals surface area contributed by atoms with Crippen molar-refractivity contribution in [3.05, 3.63) is 53.1 Å². The van der Waals surface area contributed by atoms with Gasteiger partial charge in [0.2, 0.25) is 0 Å². The van der Waals surface area contributed by atoms with Gasteiger partial charge in [-0.15, -0.1) is 24.2 Å². The minimum absolute atomic E-state index is 0. The Bertz CT molecular complexity index is 915. The Morgan fingerprint density at radius 3 is 2.25 bits per heavy atom. The van der Waals surface area contributed by atoms with Crippen LogP contribution in [0, 0.1) is 13.8 Å². The Kier molecular flexibility index (Phi) is 7.89. The lowest BCUT2D eigenvalue weighted by Gasteiger charge is -2.22. The predicted molar refractivity (Wildman–Crippen MR) is 125 cm³/mol. The van der Waals surface area contributed by atoms with Gasteiger partial charge in [0.1, 0.15) is 0 Å². The van der Waals surface area contributed by atoms with E-state index in [2.05, 4.69) is 30.9 Å². The molecule has 0 spiro atoms. The molecule has 28 heavy (non-hydrogen) atoms. The number of hydrogen-bond acceptors (Lipinski definition) is 5. The number of halogens is 1. The summed E-state index contributed by atoms with van der Waals surface area (Å²) in [6.45, 7) is 5.55. The van der Waals surface area contributed by atoms with Gasteiger partial charge < -0.3 is 4.90 Å². The van der Waals surface area contributed by atoms with Crippen LogP contribution in [-0.2, 0) is 0 Å². The molecule has 0 aliphatic carbocycles. The molecule has 4 nitrogen and oxygen atoms in total. The molecule has 0 atom stereocenters. The number of anilines is 1. The molecule has 0 bridgehead atoms. The number of likely N-dealkylation sites (N-methyl/N-ethyl adjacent to an activating group) is 1. The summed E-state index contributed by atoms with van der Waals surface area (Å²) in [5, 5.41) is 0.767. The van der Waals surface area contributed by atoms with Gasteiger partial charge in [-0.3, -0.25) is 9.69 Å². The fourth-order valence-electron chi connectivity index (χ4n) is 2.84. The van der Waals surface area contributed by atoms with Crippen LogP contribution >= 0.6 is 35.5 Å². The van der Waals surface area contributed by atoms with Crippen LogP contribution in [0.2, 0.25) is 0 Å². The minimum atomic E-state index is -0.00105. The number of benzene rings is 2. The van der Waals surface area contributed by atoms with Crippen LogP contribution < -0.4 is 4.90 Å². The second-order valence-electron chi connectivity index (χ2n) is 6.86. The van der Waals surface area contributed by atoms with Crippen LogP contribution in [0.3, 0.4) is 0 Å². The highest BCUT2D eigenvalue weighted by Crippen LogP contribution is 2.33. The fraction of sp³-hybridized carbons (Fsp3) is 0.333. The van der Waals surface area contributed by atoms with Gasteiger partial charge in [-0.2, -0.15) is 0 Å². The highest BCUT2D eigenvalue weighted by molar-refractivity contribution is 7.98. The number of thioether (sulfide) groups is 1. The number of rotatable bonds is 6. The van der Waals surface area contributed by atoms with E-state index >= 15 is 0 Å². The zero-order chi connectivity index (χ0) is 19.6. The van der Waals surface area contributed by atoms with Crippen molar-refractivity contribution in [2.45, 2.75) is 18.7 Å². The van der Waals surface area contributed by atoms with Gasteiger partial charge in [0.25, 0.3) is 5.91 Å². The average Bonchev–Trinajstić information content (AvgIpc) is 3.11. The number of aryl methyl sites for hydroxylation is 2. The Morgan fingerprint density at radius 2 is 1.68 bits per heavy atom. The Morgan fingerprint density at radius 1 is 1.04 bits per heavy atom. The van der Waals surface area contributed by atoms with Gasteiger partial charge in [-0.25, -0.2) is 4.98 Å². The number of nitrogens with zero attached hydrogens (tertiary/aromatic N) is 3. The van der Waals surface area contributed by atoms with Crippen LogP contribution in [0.15, 0.2) is 41.3 Å². The van der Waals surface area contributed by atoms with Gasteiger partial charge in [0, 0.05) is 23.5 Å². The smallest absolute Gasteiger partial charge is 0.260 e. The summed E-state index contributed by atoms with van der Waals surface area (Å²) in [4.78, 5) is 23.2. The van der Waals surface area contributed by atoms with Gasteiger partial charge in [0.05, 0.1) is 10.2 Å². The molecule has 0 unspecified atom stereocenters. The number of amides is 1. The SMILES string of the molecule is CSc1ccc(C(=O)N(CCN(C)C)c2nc3c(C)ccc(C)c3s2)cc1.Cl. The van der Waals surface area contributed by atoms with Crippen LogP contribution in [-0.4, -0.2) is 49.2 Å². The largest absolute Gasteiger partial charge is 0.308 e. The third kappa shape index (κ3) is 4.87. The first-order valence-electron chi connectivity index (χ1n) is 8.88. The maximum absolute atomic E-state index is 13.3. The molecule has 0 saturated carbocycles. The Hall–Kier alpha value is -1.60. The molecule has 3 rings (SSSR count). The predicted octanol–water partition coefficient (Wildman–Crippen LogP) is 5.27. The van der Waals surface area contributed by atoms with Crippen molar-refractivity contribution < 1.29 is 4.79 Å². The minimum Gasteiger partial charge on any atom is -0.308 e. The van der Waals surface area contributed by atoms with E-state index in [4.69, 9.17) is 4.98 Å². The molecule has 7 heteroatoms. The van der Waals surface area contributed by atoms with Crippen LogP contribution in [0.1, 0.15) is 21.5 Å². The van der Waals surface area contributed by atoms with Crippen molar-refractivity contribution >= 4 is 56.8 Å². The molecule has 0 aliphatic rings. The Balaban J connectivity index is 0.00000280. The quantitative estimate of drug-likeness (QED) is 0.494. The van der Waals surface area contributed by atoms with Gasteiger partial charge >= 0.3 is 0 Å². The van der Waals surface area contributed by atoms with E-state index in [0.29, 0.717) is 12.1 Å². The first-order chi connectivity index (χ1) is 12.9. The van der Waals surface area contributed by atoms with Crippen molar-refractivity contribution in [1.82, 2.24) is 9.88 Å². The van der Waals surface area contributed by atoms with Crippen molar-refractivity contribution in [3.63, 3.8) is 0 Å². The summed E-state index contributed by atoms with van der Waals surface area (Å²) in [7, 11) is 4.03. The van der Waals surface area contributed by atoms with E-state index in [9.17, 15) is 4.79 Å². The highest BCUT2D eigenvalue weighted by Gasteiger charge is 2.22. The molecule has 0 N–H and O–H groups in total. The molecular weight excluding hydrogens is 410 g/mol. The summed E-state index contributed by atoms with van der Waals surface area (Å²) in [5.41, 5.74) is 4.03. The Labute approximate surface area is 181 Å². The van der Waals surface area contributed by atoms with Gasteiger partial charge in [-0.1, -0.05) is 23.5 Å². The normalized spacial score (nSPS) is 10.9. The zero-order valence-electron chi connectivity index (χ0n) is 16.9. The van der Waals surface area contributed by atoms with E-state index in [0.717, 1.165) is 32.4 Å². The number of aromatic nitrogens is 1. The molecule has 0 saturated heterocycles. The summed E-state index contributed by atoms with van der Waals surface area (Å²) in [5.74, 6) is -0.00105. The average molecular weight is 436 g/mol. The second-order valence-corrected chi connectivity index (χ2v) is 8.72. The van der Waals surface area contributed by atoms with E-state index in [1.165, 1.54) is 5.56 Å². The molecule has 0 radical (unpaired) electrons. The van der Waals surface area contributed by atoms with E-state index in [1.807, 2.05) is 49.5 Å². The first-order valence-corrected chi connectivity index (χ1v) is 10.9. The maximum atomic E-state index is 13.3. The van der Waals surface area contributed by atoms with Crippen LogP contribution in [0.4, 0.5) is 5.13 Å². The van der Waals surface area contributed by atoms with E-state index in [-0.39, 0.29) is 18.3 Å². The molecule has 0 aliphatic heterocycles. The van der Waals surface area contributed by atoms with E-state index < -0.39 is 0 Å². The second kappa shape index (κ2) is 9.74. The summed E-state index contributed by atoms with van der Waals surface area (Å²) in [6.07, 6.45) is 2.03. The third-order valence-electron chi connectivity index (χ3n) is 4.51. The van der Waals surface area contributed by atoms with Crippen LogP contribution in [0.5, 0.6) is 0 Å². The summed E-state index contributed by atoms with van der Waals surface area (Å²) in [6, 6.07) is 12.0. The summed E-state index contributed by atoms with van der Waals surface area (Å²) >= 11 is 3.27. The lowest BCUT2D eigenvalue weighted by atomic mass is 10.1. The molecule has 3 aromatic rings. The zero-order valence-corrected chi connectivity index (χ0v) is 19.3. The highest BCUT2D eigenvalue weighted by atomic mass is 35.5. The van der Waals surface area contributed by atoms with Crippen LogP contribution in [0.25, 0.3) is 10.2 Å². The van der Waals surface area contributed by atoms with Crippen molar-refractivity contribution in [2.75, 3.05) is 38.3 Å². The number of carbonyl (C=O) groups is 1. The summed E-state index contributed by atoms with van der Waals surface area (Å²) < 4.78 is 1.16. The molecular formula is C21H26ClN3OS2. The standard InChI is InChI=1S/C21H25N3OS2.ClH/c1-14-6-7-15(2)19-18(14)22-21(27-19)24(13-12-23(3)4)20(25)16-8-10-17(26-5)11-9-16;/h6-11H,12-13H2,1-5H3;1H. The van der Waals surface area contributed by atoms with Crippen molar-refractivity contribution in [1.29, 1.82) is 0 Å². The molecule has 150 valence electrons. The van der Waals surface area contributed by atoms with Gasteiger partial charge in [0.15, 0.2) is 5.13 Å². The number of thiazole rings is 1. The number of carbonyl (C=O) groups excluding carboxylic acids is 1. The first kappa shape index (κ1) is 22.7. The van der Waals surface area contributed by atoms with E-state index in [1.54, 1.807) is 23.1 Å². The molecule has 0 fully saturated rings. The fourth-order valence-corrected chi connectivity index (χ4v) is 4.38. The number of fused-ring (bicyclic) bond motifs is 1. The lowest BCUT2D eigenvalue weighted by molar-refractivity contribution is 0.0985. The molecule has 1 heterocycles. The van der Waals surface area contributed by atoms with Crippen molar-refractivity contribution in [2.24, 2.45) is 0 Å². The number of hydrogen-bond donors (Lipinski definition) is 0.